The van der Waals surface area contributed by atoms with Gasteiger partial charge in [0, 0.05) is 42.7 Å². The summed E-state index contributed by atoms with van der Waals surface area (Å²) in [5.74, 6) is -1.56. The molecule has 1 aliphatic rings. The number of carbonyl (C=O) groups excluding carboxylic acids is 6. The van der Waals surface area contributed by atoms with Crippen LogP contribution < -0.4 is 10.6 Å². The van der Waals surface area contributed by atoms with Crippen LogP contribution >= 0.6 is 0 Å². The number of hydrogen-bond donors (Lipinski definition) is 3. The number of ether oxygens (including phenoxy) is 2. The van der Waals surface area contributed by atoms with Crippen LogP contribution in [0.3, 0.4) is 0 Å². The van der Waals surface area contributed by atoms with E-state index in [1.54, 1.807) is 30.7 Å². The van der Waals surface area contributed by atoms with Crippen LogP contribution in [0.25, 0.3) is 0 Å². The summed E-state index contributed by atoms with van der Waals surface area (Å²) in [6.45, 7) is 7.52. The van der Waals surface area contributed by atoms with Crippen molar-refractivity contribution in [3.05, 3.63) is 59.2 Å². The number of carbonyl (C=O) groups is 6. The molecule has 204 valence electrons. The lowest BCUT2D eigenvalue weighted by atomic mass is 10.1. The third-order valence-corrected chi connectivity index (χ3v) is 5.34. The van der Waals surface area contributed by atoms with Gasteiger partial charge in [-0.05, 0) is 39.8 Å². The maximum Gasteiger partial charge on any atom is 0.330 e. The number of nitrogens with zero attached hydrogens (tertiary/aromatic N) is 1. The van der Waals surface area contributed by atoms with Crippen molar-refractivity contribution in [3.8, 4) is 0 Å². The molecule has 1 atom stereocenters. The molecule has 0 saturated heterocycles. The van der Waals surface area contributed by atoms with Gasteiger partial charge in [-0.2, -0.15) is 0 Å². The molecule has 0 bridgehead atoms. The number of Topliss-reactive ketones (excluding diaryl/α,β-unsaturated/α-hetero) is 2. The molecule has 3 rings (SSSR count). The van der Waals surface area contributed by atoms with Gasteiger partial charge >= 0.3 is 11.9 Å². The molecule has 0 aliphatic carbocycles. The van der Waals surface area contributed by atoms with Crippen LogP contribution in [0.1, 0.15) is 81.9 Å². The van der Waals surface area contributed by atoms with Crippen LogP contribution in [0.2, 0.25) is 0 Å². The molecule has 1 aliphatic heterocycles. The predicted molar refractivity (Wildman–Crippen MR) is 136 cm³/mol. The fraction of sp³-hybridized carbons (Fsp3) is 0.385. The first kappa shape index (κ1) is 29.7. The SMILES string of the molecule is CCOC(=O)/C=C/CNC(=O)c1cc(C(C)=O)c[nH]1.CCOC(=O)CC1CNC(=O)c2cc(C(C)=O)cn21. The topological polar surface area (TPSA) is 166 Å². The van der Waals surface area contributed by atoms with Crippen LogP contribution in [-0.4, -0.2) is 71.2 Å². The smallest absolute Gasteiger partial charge is 0.330 e. The van der Waals surface area contributed by atoms with Gasteiger partial charge in [-0.1, -0.05) is 6.08 Å². The highest BCUT2D eigenvalue weighted by molar-refractivity contribution is 6.00. The Balaban J connectivity index is 0.000000267. The Kier molecular flexibility index (Phi) is 11.2. The van der Waals surface area contributed by atoms with Crippen LogP contribution in [0.5, 0.6) is 0 Å². The number of amides is 2. The first-order valence-corrected chi connectivity index (χ1v) is 12.0. The van der Waals surface area contributed by atoms with Gasteiger partial charge in [-0.3, -0.25) is 24.0 Å². The van der Waals surface area contributed by atoms with Gasteiger partial charge in [0.15, 0.2) is 11.6 Å². The van der Waals surface area contributed by atoms with Gasteiger partial charge in [0.1, 0.15) is 11.4 Å². The van der Waals surface area contributed by atoms with Gasteiger partial charge in [-0.25, -0.2) is 4.79 Å². The molecule has 1 unspecified atom stereocenters. The van der Waals surface area contributed by atoms with E-state index in [2.05, 4.69) is 20.4 Å². The molecule has 0 fully saturated rings. The molecule has 12 nitrogen and oxygen atoms in total. The molecule has 0 saturated carbocycles. The Hall–Kier alpha value is -4.48. The predicted octanol–water partition coefficient (Wildman–Crippen LogP) is 1.99. The van der Waals surface area contributed by atoms with Gasteiger partial charge in [0.2, 0.25) is 0 Å². The number of fused-ring (bicyclic) bond motifs is 1. The molecule has 12 heteroatoms. The summed E-state index contributed by atoms with van der Waals surface area (Å²) in [5, 5.41) is 5.28. The number of H-pyrrole nitrogens is 1. The van der Waals surface area contributed by atoms with Crippen molar-refractivity contribution in [1.29, 1.82) is 0 Å². The fourth-order valence-corrected chi connectivity index (χ4v) is 3.46. The summed E-state index contributed by atoms with van der Waals surface area (Å²) >= 11 is 0. The largest absolute Gasteiger partial charge is 0.466 e. The van der Waals surface area contributed by atoms with Crippen molar-refractivity contribution in [2.75, 3.05) is 26.3 Å². The molecule has 2 amide bonds. The van der Waals surface area contributed by atoms with Gasteiger partial charge in [0.05, 0.1) is 25.7 Å². The van der Waals surface area contributed by atoms with Crippen LogP contribution in [0.15, 0.2) is 36.7 Å². The number of hydrogen-bond acceptors (Lipinski definition) is 8. The van der Waals surface area contributed by atoms with Crippen molar-refractivity contribution in [2.45, 2.75) is 40.2 Å². The zero-order chi connectivity index (χ0) is 28.2. The summed E-state index contributed by atoms with van der Waals surface area (Å²) in [5.41, 5.74) is 1.63. The number of ketones is 2. The van der Waals surface area contributed by atoms with E-state index in [-0.39, 0.29) is 48.4 Å². The Morgan fingerprint density at radius 3 is 2.34 bits per heavy atom. The standard InChI is InChI=1S/2C13H16N2O4/c1-3-19-12(17)5-10-6-14-13(18)11-4-9(8(2)16)7-15(10)11;1-3-19-12(17)5-4-6-14-13(18)11-7-10(8-15-11)9(2)16/h4,7,10H,3,5-6H2,1-2H3,(H,14,18);4-5,7-8,15H,3,6H2,1-2H3,(H,14,18)/b;5-4+. The van der Waals surface area contributed by atoms with Crippen LogP contribution in [0, 0.1) is 0 Å². The molecule has 38 heavy (non-hydrogen) atoms. The summed E-state index contributed by atoms with van der Waals surface area (Å²) < 4.78 is 11.3. The van der Waals surface area contributed by atoms with Gasteiger partial charge < -0.3 is 29.7 Å². The lowest BCUT2D eigenvalue weighted by molar-refractivity contribution is -0.144. The molecular weight excluding hydrogens is 496 g/mol. The summed E-state index contributed by atoms with van der Waals surface area (Å²) in [4.78, 5) is 71.0. The third kappa shape index (κ3) is 8.57. The van der Waals surface area contributed by atoms with Crippen molar-refractivity contribution in [2.24, 2.45) is 0 Å². The van der Waals surface area contributed by atoms with Gasteiger partial charge in [-0.15, -0.1) is 0 Å². The summed E-state index contributed by atoms with van der Waals surface area (Å²) in [7, 11) is 0. The second kappa shape index (κ2) is 14.3. The van der Waals surface area contributed by atoms with Crippen LogP contribution in [0.4, 0.5) is 0 Å². The van der Waals surface area contributed by atoms with E-state index in [9.17, 15) is 28.8 Å². The quantitative estimate of drug-likeness (QED) is 0.239. The van der Waals surface area contributed by atoms with E-state index < -0.39 is 5.97 Å². The highest BCUT2D eigenvalue weighted by Crippen LogP contribution is 2.22. The molecule has 2 aromatic heterocycles. The normalized spacial score (nSPS) is 14.0. The lowest BCUT2D eigenvalue weighted by Crippen LogP contribution is -2.39. The molecule has 2 aromatic rings. The molecule has 3 N–H and O–H groups in total. The number of aromatic amines is 1. The molecule has 3 heterocycles. The monoisotopic (exact) mass is 528 g/mol. The van der Waals surface area contributed by atoms with E-state index >= 15 is 0 Å². The van der Waals surface area contributed by atoms with Crippen LogP contribution in [-0.2, 0) is 19.1 Å². The average Bonchev–Trinajstić information content (AvgIpc) is 3.53. The van der Waals surface area contributed by atoms with E-state index in [1.165, 1.54) is 38.3 Å². The molecular formula is C26H32N4O8. The summed E-state index contributed by atoms with van der Waals surface area (Å²) in [6, 6.07) is 2.82. The van der Waals surface area contributed by atoms with E-state index in [1.807, 2.05) is 0 Å². The summed E-state index contributed by atoms with van der Waals surface area (Å²) in [6.07, 6.45) is 6.02. The maximum atomic E-state index is 11.7. The maximum absolute atomic E-state index is 11.7. The second-order valence-corrected chi connectivity index (χ2v) is 8.17. The third-order valence-electron chi connectivity index (χ3n) is 5.34. The first-order valence-electron chi connectivity index (χ1n) is 12.0. The average molecular weight is 529 g/mol. The minimum atomic E-state index is -0.449. The molecule has 0 spiro atoms. The van der Waals surface area contributed by atoms with Crippen molar-refractivity contribution in [1.82, 2.24) is 20.2 Å². The lowest BCUT2D eigenvalue weighted by Gasteiger charge is -2.25. The van der Waals surface area contributed by atoms with E-state index in [0.29, 0.717) is 42.3 Å². The number of rotatable bonds is 10. The Bertz CT molecular complexity index is 1220. The van der Waals surface area contributed by atoms with E-state index in [0.717, 1.165) is 0 Å². The highest BCUT2D eigenvalue weighted by Gasteiger charge is 2.28. The minimum Gasteiger partial charge on any atom is -0.466 e. The van der Waals surface area contributed by atoms with E-state index in [4.69, 9.17) is 4.74 Å². The second-order valence-electron chi connectivity index (χ2n) is 8.17. The van der Waals surface area contributed by atoms with Crippen molar-refractivity contribution >= 4 is 35.3 Å². The zero-order valence-electron chi connectivity index (χ0n) is 21.8. The Morgan fingerprint density at radius 1 is 1.05 bits per heavy atom. The van der Waals surface area contributed by atoms with Crippen molar-refractivity contribution < 1.29 is 38.2 Å². The van der Waals surface area contributed by atoms with Crippen molar-refractivity contribution in [3.63, 3.8) is 0 Å². The Morgan fingerprint density at radius 2 is 1.74 bits per heavy atom. The Labute approximate surface area is 219 Å². The number of aromatic nitrogens is 2. The zero-order valence-corrected chi connectivity index (χ0v) is 21.8. The first-order chi connectivity index (χ1) is 18.1. The molecule has 0 aromatic carbocycles. The highest BCUT2D eigenvalue weighted by atomic mass is 16.5. The minimum absolute atomic E-state index is 0.107. The number of nitrogens with one attached hydrogen (secondary N) is 3. The number of esters is 2. The molecule has 0 radical (unpaired) electrons. The van der Waals surface area contributed by atoms with Gasteiger partial charge in [0.25, 0.3) is 11.8 Å². The fourth-order valence-electron chi connectivity index (χ4n) is 3.46.